The predicted molar refractivity (Wildman–Crippen MR) is 108 cm³/mol. The van der Waals surface area contributed by atoms with E-state index in [0.29, 0.717) is 31.7 Å². The Balaban J connectivity index is 1.33. The van der Waals surface area contributed by atoms with Gasteiger partial charge < -0.3 is 4.90 Å². The molecule has 0 aliphatic carbocycles. The number of hydrogen-bond acceptors (Lipinski definition) is 5. The third-order valence-corrected chi connectivity index (χ3v) is 5.98. The molecule has 2 aliphatic rings. The molecule has 6 heteroatoms. The number of amides is 1. The zero-order valence-electron chi connectivity index (χ0n) is 15.4. The first-order valence-corrected chi connectivity index (χ1v) is 10.2. The van der Waals surface area contributed by atoms with E-state index < -0.39 is 5.72 Å². The van der Waals surface area contributed by atoms with Crippen LogP contribution in [0.3, 0.4) is 0 Å². The molecule has 2 aromatic rings. The first-order valence-electron chi connectivity index (χ1n) is 9.20. The van der Waals surface area contributed by atoms with Crippen molar-refractivity contribution in [1.82, 2.24) is 10.4 Å². The lowest BCUT2D eigenvalue weighted by atomic mass is 10.0. The number of benzene rings is 2. The van der Waals surface area contributed by atoms with E-state index in [0.717, 1.165) is 16.3 Å². The van der Waals surface area contributed by atoms with Crippen molar-refractivity contribution in [2.75, 3.05) is 18.8 Å². The summed E-state index contributed by atoms with van der Waals surface area (Å²) >= 11 is 1.58. The van der Waals surface area contributed by atoms with Gasteiger partial charge in [0.1, 0.15) is 0 Å². The van der Waals surface area contributed by atoms with E-state index in [4.69, 9.17) is 9.83 Å². The Kier molecular flexibility index (Phi) is 5.18. The van der Waals surface area contributed by atoms with E-state index in [9.17, 15) is 4.79 Å². The van der Waals surface area contributed by atoms with E-state index in [1.165, 1.54) is 5.56 Å². The molecule has 1 saturated heterocycles. The van der Waals surface area contributed by atoms with E-state index in [2.05, 4.69) is 24.5 Å². The average Bonchev–Trinajstić information content (AvgIpc) is 3.11. The molecule has 0 unspecified atom stereocenters. The van der Waals surface area contributed by atoms with Gasteiger partial charge in [-0.25, -0.2) is 15.3 Å². The maximum absolute atomic E-state index is 12.5. The van der Waals surface area contributed by atoms with Crippen LogP contribution in [-0.2, 0) is 9.63 Å². The normalized spacial score (nSPS) is 18.3. The first kappa shape index (κ1) is 18.1. The maximum Gasteiger partial charge on any atom is 0.232 e. The third kappa shape index (κ3) is 4.17. The largest absolute Gasteiger partial charge is 0.342 e. The molecule has 1 spiro atoms. The number of aliphatic imine (C=N–C) groups is 1. The zero-order chi connectivity index (χ0) is 18.7. The van der Waals surface area contributed by atoms with Crippen LogP contribution in [0.2, 0.25) is 0 Å². The lowest BCUT2D eigenvalue weighted by molar-refractivity contribution is -0.136. The molecule has 0 atom stereocenters. The summed E-state index contributed by atoms with van der Waals surface area (Å²) in [4.78, 5) is 26.2. The highest BCUT2D eigenvalue weighted by Gasteiger charge is 2.41. The summed E-state index contributed by atoms with van der Waals surface area (Å²) in [5.41, 5.74) is 4.67. The summed E-state index contributed by atoms with van der Waals surface area (Å²) in [6.07, 6.45) is 1.41. The van der Waals surface area contributed by atoms with Crippen molar-refractivity contribution in [3.63, 3.8) is 0 Å². The summed E-state index contributed by atoms with van der Waals surface area (Å²) in [6, 6.07) is 18.2. The van der Waals surface area contributed by atoms with Crippen LogP contribution in [0.5, 0.6) is 0 Å². The molecule has 140 valence electrons. The number of hydrogen-bond donors (Lipinski definition) is 1. The fraction of sp³-hybridized carbons (Fsp3) is 0.333. The quantitative estimate of drug-likeness (QED) is 0.825. The van der Waals surface area contributed by atoms with Crippen LogP contribution in [0, 0.1) is 6.92 Å². The molecular formula is C21H23N3O2S. The van der Waals surface area contributed by atoms with E-state index >= 15 is 0 Å². The number of rotatable bonds is 4. The summed E-state index contributed by atoms with van der Waals surface area (Å²) in [7, 11) is 0. The van der Waals surface area contributed by atoms with Crippen LogP contribution in [0.1, 0.15) is 24.0 Å². The topological polar surface area (TPSA) is 53.9 Å². The lowest BCUT2D eigenvalue weighted by Gasteiger charge is -2.35. The van der Waals surface area contributed by atoms with Gasteiger partial charge in [-0.2, -0.15) is 0 Å². The van der Waals surface area contributed by atoms with Crippen LogP contribution >= 0.6 is 11.8 Å². The number of piperidine rings is 1. The second kappa shape index (κ2) is 7.74. The average molecular weight is 382 g/mol. The van der Waals surface area contributed by atoms with Crippen LogP contribution in [0.25, 0.3) is 0 Å². The van der Waals surface area contributed by atoms with E-state index in [1.807, 2.05) is 47.4 Å². The molecule has 2 aromatic carbocycles. The Hall–Kier alpha value is -2.31. The smallest absolute Gasteiger partial charge is 0.232 e. The fourth-order valence-electron chi connectivity index (χ4n) is 3.30. The molecule has 0 radical (unpaired) electrons. The first-order chi connectivity index (χ1) is 13.1. The molecule has 4 rings (SSSR count). The number of hydroxylamine groups is 1. The monoisotopic (exact) mass is 381 g/mol. The number of carbonyl (C=O) groups excluding carboxylic acids is 1. The van der Waals surface area contributed by atoms with E-state index in [1.54, 1.807) is 11.8 Å². The third-order valence-electron chi connectivity index (χ3n) is 4.98. The van der Waals surface area contributed by atoms with Crippen molar-refractivity contribution in [2.45, 2.75) is 30.4 Å². The Labute approximate surface area is 163 Å². The maximum atomic E-state index is 12.5. The lowest BCUT2D eigenvalue weighted by Crippen LogP contribution is -2.47. The molecule has 0 aromatic heterocycles. The molecule has 5 nitrogen and oxygen atoms in total. The van der Waals surface area contributed by atoms with Gasteiger partial charge >= 0.3 is 0 Å². The molecule has 1 amide bonds. The molecule has 27 heavy (non-hydrogen) atoms. The van der Waals surface area contributed by atoms with Crippen LogP contribution in [0.4, 0.5) is 0 Å². The zero-order valence-corrected chi connectivity index (χ0v) is 16.2. The van der Waals surface area contributed by atoms with Gasteiger partial charge in [0.25, 0.3) is 0 Å². The molecule has 0 saturated carbocycles. The summed E-state index contributed by atoms with van der Waals surface area (Å²) in [5.74, 6) is 1.41. The molecule has 1 fully saturated rings. The van der Waals surface area contributed by atoms with E-state index in [-0.39, 0.29) is 5.91 Å². The minimum atomic E-state index is -0.552. The Morgan fingerprint density at radius 1 is 1.15 bits per heavy atom. The predicted octanol–water partition coefficient (Wildman–Crippen LogP) is 3.39. The van der Waals surface area contributed by atoms with Gasteiger partial charge in [-0.05, 0) is 19.1 Å². The van der Waals surface area contributed by atoms with Gasteiger partial charge in [0.05, 0.1) is 5.75 Å². The highest BCUT2D eigenvalue weighted by atomic mass is 32.2. The number of aryl methyl sites for hydroxylation is 1. The SMILES string of the molecule is Cc1ccc(C2=NC3(CCN(C(=O)CSc4ccccc4)CC3)ON2)cc1. The summed E-state index contributed by atoms with van der Waals surface area (Å²) in [6.45, 7) is 3.40. The van der Waals surface area contributed by atoms with Crippen molar-refractivity contribution in [3.05, 3.63) is 65.7 Å². The van der Waals surface area contributed by atoms with Gasteiger partial charge in [-0.3, -0.25) is 4.79 Å². The van der Waals surface area contributed by atoms with Crippen molar-refractivity contribution in [3.8, 4) is 0 Å². The fourth-order valence-corrected chi connectivity index (χ4v) is 4.12. The number of carbonyl (C=O) groups is 1. The Bertz CT molecular complexity index is 828. The number of likely N-dealkylation sites (tertiary alicyclic amines) is 1. The molecule has 2 heterocycles. The number of thioether (sulfide) groups is 1. The molecule has 1 N–H and O–H groups in total. The number of nitrogens with zero attached hydrogens (tertiary/aromatic N) is 2. The summed E-state index contributed by atoms with van der Waals surface area (Å²) < 4.78 is 0. The van der Waals surface area contributed by atoms with Crippen LogP contribution in [-0.4, -0.2) is 41.2 Å². The van der Waals surface area contributed by atoms with Crippen molar-refractivity contribution in [2.24, 2.45) is 4.99 Å². The van der Waals surface area contributed by atoms with Gasteiger partial charge in [0.2, 0.25) is 5.91 Å². The van der Waals surface area contributed by atoms with Crippen LogP contribution in [0.15, 0.2) is 64.5 Å². The van der Waals surface area contributed by atoms with Crippen molar-refractivity contribution >= 4 is 23.5 Å². The Morgan fingerprint density at radius 2 is 1.85 bits per heavy atom. The molecule has 2 aliphatic heterocycles. The molecule has 0 bridgehead atoms. The second-order valence-corrected chi connectivity index (χ2v) is 8.01. The van der Waals surface area contributed by atoms with Gasteiger partial charge in [0, 0.05) is 36.4 Å². The van der Waals surface area contributed by atoms with Crippen molar-refractivity contribution in [1.29, 1.82) is 0 Å². The van der Waals surface area contributed by atoms with Gasteiger partial charge in [-0.15, -0.1) is 11.8 Å². The summed E-state index contributed by atoms with van der Waals surface area (Å²) in [5, 5.41) is 0. The standard InChI is InChI=1S/C21H23N3O2S/c1-16-7-9-17(10-8-16)20-22-21(26-23-20)11-13-24(14-12-21)19(25)15-27-18-5-3-2-4-6-18/h2-10H,11-15H2,1H3,(H,22,23). The van der Waals surface area contributed by atoms with Gasteiger partial charge in [0.15, 0.2) is 11.6 Å². The second-order valence-electron chi connectivity index (χ2n) is 6.96. The van der Waals surface area contributed by atoms with Gasteiger partial charge in [-0.1, -0.05) is 48.0 Å². The number of nitrogens with one attached hydrogen (secondary N) is 1. The highest BCUT2D eigenvalue weighted by molar-refractivity contribution is 8.00. The molecular weight excluding hydrogens is 358 g/mol. The number of amidine groups is 1. The minimum Gasteiger partial charge on any atom is -0.342 e. The van der Waals surface area contributed by atoms with Crippen LogP contribution < -0.4 is 5.48 Å². The minimum absolute atomic E-state index is 0.174. The van der Waals surface area contributed by atoms with Crippen molar-refractivity contribution < 1.29 is 9.63 Å². The highest BCUT2D eigenvalue weighted by Crippen LogP contribution is 2.31. The Morgan fingerprint density at radius 3 is 2.56 bits per heavy atom.